The second kappa shape index (κ2) is 8.69. The summed E-state index contributed by atoms with van der Waals surface area (Å²) < 4.78 is 13.3. The summed E-state index contributed by atoms with van der Waals surface area (Å²) >= 11 is 0. The molecule has 0 spiro atoms. The van der Waals surface area contributed by atoms with E-state index in [1.807, 2.05) is 36.4 Å². The summed E-state index contributed by atoms with van der Waals surface area (Å²) in [7, 11) is 0. The van der Waals surface area contributed by atoms with Crippen molar-refractivity contribution < 1.29 is 14.0 Å². The number of rotatable bonds is 5. The van der Waals surface area contributed by atoms with Gasteiger partial charge in [-0.25, -0.2) is 4.39 Å². The average Bonchev–Trinajstić information content (AvgIpc) is 2.90. The molecule has 3 aromatic rings. The Morgan fingerprint density at radius 2 is 1.67 bits per heavy atom. The summed E-state index contributed by atoms with van der Waals surface area (Å²) in [5.74, 6) is -0.846. The zero-order chi connectivity index (χ0) is 20.9. The average molecular weight is 401 g/mol. The van der Waals surface area contributed by atoms with E-state index in [2.05, 4.69) is 10.3 Å². The standard InChI is InChI=1S/C24H20FN3O2/c25-19-12-10-18(11-13-19)21-14-24(30)28(22-9-5-4-8-20(22)27-21)16-23(29)26-15-17-6-2-1-3-7-17/h1-13H,14-16H2,(H,26,29). The molecule has 0 atom stereocenters. The molecule has 1 N–H and O–H groups in total. The van der Waals surface area contributed by atoms with E-state index in [0.29, 0.717) is 29.2 Å². The lowest BCUT2D eigenvalue weighted by atomic mass is 10.1. The lowest BCUT2D eigenvalue weighted by molar-refractivity contribution is -0.123. The van der Waals surface area contributed by atoms with Crippen LogP contribution in [0.1, 0.15) is 17.5 Å². The fourth-order valence-corrected chi connectivity index (χ4v) is 3.32. The molecule has 0 aromatic heterocycles. The Labute approximate surface area is 173 Å². The molecule has 1 heterocycles. The molecule has 30 heavy (non-hydrogen) atoms. The summed E-state index contributed by atoms with van der Waals surface area (Å²) in [5, 5.41) is 2.86. The number of aliphatic imine (C=N–C) groups is 1. The number of carbonyl (C=O) groups excluding carboxylic acids is 2. The molecule has 5 nitrogen and oxygen atoms in total. The summed E-state index contributed by atoms with van der Waals surface area (Å²) in [6, 6.07) is 22.7. The minimum absolute atomic E-state index is 0.0201. The topological polar surface area (TPSA) is 61.8 Å². The Morgan fingerprint density at radius 1 is 0.967 bits per heavy atom. The van der Waals surface area contributed by atoms with E-state index in [4.69, 9.17) is 0 Å². The highest BCUT2D eigenvalue weighted by atomic mass is 19.1. The first-order chi connectivity index (χ1) is 14.6. The Bertz CT molecular complexity index is 1090. The number of nitrogens with zero attached hydrogens (tertiary/aromatic N) is 2. The normalized spacial score (nSPS) is 13.3. The highest BCUT2D eigenvalue weighted by Crippen LogP contribution is 2.32. The van der Waals surface area contributed by atoms with Crippen LogP contribution in [-0.2, 0) is 16.1 Å². The molecule has 4 rings (SSSR count). The Balaban J connectivity index is 1.55. The van der Waals surface area contributed by atoms with Gasteiger partial charge in [0.05, 0.1) is 23.5 Å². The zero-order valence-electron chi connectivity index (χ0n) is 16.2. The number of nitrogens with one attached hydrogen (secondary N) is 1. The van der Waals surface area contributed by atoms with E-state index in [1.54, 1.807) is 30.3 Å². The van der Waals surface area contributed by atoms with Crippen LogP contribution in [0.2, 0.25) is 0 Å². The van der Waals surface area contributed by atoms with Gasteiger partial charge in [-0.05, 0) is 35.4 Å². The van der Waals surface area contributed by atoms with Crippen molar-refractivity contribution in [2.75, 3.05) is 11.4 Å². The number of hydrogen-bond acceptors (Lipinski definition) is 3. The third-order valence-corrected chi connectivity index (χ3v) is 4.86. The SMILES string of the molecule is O=C(CN1C(=O)CC(c2ccc(F)cc2)=Nc2ccccc21)NCc1ccccc1. The van der Waals surface area contributed by atoms with Gasteiger partial charge in [0, 0.05) is 6.54 Å². The lowest BCUT2D eigenvalue weighted by Crippen LogP contribution is -2.40. The molecule has 1 aliphatic heterocycles. The van der Waals surface area contributed by atoms with Crippen LogP contribution in [-0.4, -0.2) is 24.1 Å². The molecule has 150 valence electrons. The quantitative estimate of drug-likeness (QED) is 0.703. The van der Waals surface area contributed by atoms with Crippen LogP contribution < -0.4 is 10.2 Å². The largest absolute Gasteiger partial charge is 0.350 e. The monoisotopic (exact) mass is 401 g/mol. The number of hydrogen-bond donors (Lipinski definition) is 1. The number of anilines is 1. The third-order valence-electron chi connectivity index (χ3n) is 4.86. The van der Waals surface area contributed by atoms with Crippen molar-refractivity contribution in [3.8, 4) is 0 Å². The number of fused-ring (bicyclic) bond motifs is 1. The fraction of sp³-hybridized carbons (Fsp3) is 0.125. The van der Waals surface area contributed by atoms with E-state index in [0.717, 1.165) is 5.56 Å². The van der Waals surface area contributed by atoms with Crippen LogP contribution in [0.15, 0.2) is 83.9 Å². The van der Waals surface area contributed by atoms with Crippen LogP contribution in [0.4, 0.5) is 15.8 Å². The van der Waals surface area contributed by atoms with Crippen molar-refractivity contribution in [3.63, 3.8) is 0 Å². The van der Waals surface area contributed by atoms with Crippen LogP contribution in [0.25, 0.3) is 0 Å². The van der Waals surface area contributed by atoms with Gasteiger partial charge in [-0.3, -0.25) is 14.6 Å². The number of halogens is 1. The maximum atomic E-state index is 13.3. The van der Waals surface area contributed by atoms with Crippen LogP contribution >= 0.6 is 0 Å². The zero-order valence-corrected chi connectivity index (χ0v) is 16.2. The van der Waals surface area contributed by atoms with Crippen LogP contribution in [0.3, 0.4) is 0 Å². The Hall–Kier alpha value is -3.80. The fourth-order valence-electron chi connectivity index (χ4n) is 3.32. The third kappa shape index (κ3) is 4.43. The van der Waals surface area contributed by atoms with E-state index in [-0.39, 0.29) is 30.6 Å². The van der Waals surface area contributed by atoms with E-state index < -0.39 is 0 Å². The first-order valence-electron chi connectivity index (χ1n) is 9.64. The predicted octanol–water partition coefficient (Wildman–Crippen LogP) is 4.00. The molecular formula is C24H20FN3O2. The minimum atomic E-state index is -0.351. The van der Waals surface area contributed by atoms with Crippen molar-refractivity contribution >= 4 is 28.9 Å². The van der Waals surface area contributed by atoms with Gasteiger partial charge in [0.1, 0.15) is 12.4 Å². The van der Waals surface area contributed by atoms with Gasteiger partial charge in [-0.1, -0.05) is 54.6 Å². The molecule has 0 unspecified atom stereocenters. The number of benzene rings is 3. The van der Waals surface area contributed by atoms with Crippen molar-refractivity contribution in [1.29, 1.82) is 0 Å². The molecule has 0 aliphatic carbocycles. The molecule has 0 fully saturated rings. The summed E-state index contributed by atoms with van der Waals surface area (Å²) in [6.45, 7) is 0.287. The van der Waals surface area contributed by atoms with Gasteiger partial charge in [-0.2, -0.15) is 0 Å². The number of amides is 2. The van der Waals surface area contributed by atoms with Crippen molar-refractivity contribution in [3.05, 3.63) is 95.8 Å². The molecule has 1 aliphatic rings. The Kier molecular flexibility index (Phi) is 5.66. The van der Waals surface area contributed by atoms with Gasteiger partial charge in [0.2, 0.25) is 11.8 Å². The van der Waals surface area contributed by atoms with Crippen LogP contribution in [0, 0.1) is 5.82 Å². The lowest BCUT2D eigenvalue weighted by Gasteiger charge is -2.22. The summed E-state index contributed by atoms with van der Waals surface area (Å²) in [4.78, 5) is 31.7. The van der Waals surface area contributed by atoms with Gasteiger partial charge in [0.15, 0.2) is 0 Å². The second-order valence-electron chi connectivity index (χ2n) is 6.97. The molecule has 0 saturated heterocycles. The molecule has 0 saturated carbocycles. The van der Waals surface area contributed by atoms with Gasteiger partial charge < -0.3 is 10.2 Å². The van der Waals surface area contributed by atoms with Crippen molar-refractivity contribution in [2.24, 2.45) is 4.99 Å². The number of carbonyl (C=O) groups is 2. The van der Waals surface area contributed by atoms with Crippen molar-refractivity contribution in [1.82, 2.24) is 5.32 Å². The summed E-state index contributed by atoms with van der Waals surface area (Å²) in [6.07, 6.45) is 0.0201. The molecule has 0 radical (unpaired) electrons. The molecule has 2 amide bonds. The smallest absolute Gasteiger partial charge is 0.240 e. The predicted molar refractivity (Wildman–Crippen MR) is 114 cm³/mol. The summed E-state index contributed by atoms with van der Waals surface area (Å²) in [5.41, 5.74) is 3.37. The van der Waals surface area contributed by atoms with Gasteiger partial charge in [0.25, 0.3) is 0 Å². The first kappa shape index (κ1) is 19.5. The van der Waals surface area contributed by atoms with E-state index >= 15 is 0 Å². The molecular weight excluding hydrogens is 381 g/mol. The highest BCUT2D eigenvalue weighted by Gasteiger charge is 2.26. The molecule has 3 aromatic carbocycles. The van der Waals surface area contributed by atoms with Crippen LogP contribution in [0.5, 0.6) is 0 Å². The van der Waals surface area contributed by atoms with Gasteiger partial charge >= 0.3 is 0 Å². The molecule has 0 bridgehead atoms. The maximum absolute atomic E-state index is 13.3. The van der Waals surface area contributed by atoms with E-state index in [9.17, 15) is 14.0 Å². The minimum Gasteiger partial charge on any atom is -0.350 e. The highest BCUT2D eigenvalue weighted by molar-refractivity contribution is 6.18. The second-order valence-corrected chi connectivity index (χ2v) is 6.97. The van der Waals surface area contributed by atoms with Crippen molar-refractivity contribution in [2.45, 2.75) is 13.0 Å². The molecule has 6 heteroatoms. The first-order valence-corrected chi connectivity index (χ1v) is 9.64. The Morgan fingerprint density at radius 3 is 2.43 bits per heavy atom. The van der Waals surface area contributed by atoms with Gasteiger partial charge in [-0.15, -0.1) is 0 Å². The number of para-hydroxylation sites is 2. The maximum Gasteiger partial charge on any atom is 0.240 e. The van der Waals surface area contributed by atoms with E-state index in [1.165, 1.54) is 17.0 Å².